The van der Waals surface area contributed by atoms with Crippen molar-refractivity contribution in [3.63, 3.8) is 0 Å². The van der Waals surface area contributed by atoms with E-state index >= 15 is 0 Å². The van der Waals surface area contributed by atoms with Gasteiger partial charge in [0.1, 0.15) is 5.78 Å². The highest BCUT2D eigenvalue weighted by Gasteiger charge is 2.29. The molecule has 0 bridgehead atoms. The van der Waals surface area contributed by atoms with Gasteiger partial charge in [-0.3, -0.25) is 9.59 Å². The minimum atomic E-state index is -0.916. The number of carboxylic acid groups (broad SMARTS) is 1. The Morgan fingerprint density at radius 1 is 1.21 bits per heavy atom. The van der Waals surface area contributed by atoms with Gasteiger partial charge in [0, 0.05) is 18.7 Å². The molecule has 0 aliphatic carbocycles. The molecule has 104 valence electrons. The summed E-state index contributed by atoms with van der Waals surface area (Å²) in [6.07, 6.45) is 1.57. The highest BCUT2D eigenvalue weighted by Crippen LogP contribution is 2.23. The van der Waals surface area contributed by atoms with Crippen molar-refractivity contribution >= 4 is 23.4 Å². The minimum Gasteiger partial charge on any atom is -0.481 e. The molecule has 0 saturated heterocycles. The first kappa shape index (κ1) is 15.7. The predicted octanol–water partition coefficient (Wildman–Crippen LogP) is 3.18. The summed E-state index contributed by atoms with van der Waals surface area (Å²) in [6.45, 7) is 3.33. The maximum Gasteiger partial charge on any atom is 0.313 e. The van der Waals surface area contributed by atoms with E-state index in [2.05, 4.69) is 0 Å². The molecule has 1 aromatic rings. The summed E-state index contributed by atoms with van der Waals surface area (Å²) in [6, 6.07) is 7.19. The van der Waals surface area contributed by atoms with Crippen molar-refractivity contribution in [2.45, 2.75) is 38.5 Å². The van der Waals surface area contributed by atoms with E-state index in [1.807, 2.05) is 12.1 Å². The molecule has 0 aromatic heterocycles. The van der Waals surface area contributed by atoms with Crippen LogP contribution >= 0.6 is 11.6 Å². The summed E-state index contributed by atoms with van der Waals surface area (Å²) in [5.41, 5.74) is 0.725. The summed E-state index contributed by atoms with van der Waals surface area (Å²) in [4.78, 5) is 22.7. The molecule has 0 fully saturated rings. The summed E-state index contributed by atoms with van der Waals surface area (Å²) in [5, 5.41) is 9.14. The number of aliphatic carboxylic acids is 1. The Bertz CT molecular complexity index is 449. The second kappa shape index (κ2) is 6.71. The highest BCUT2D eigenvalue weighted by atomic mass is 35.5. The van der Waals surface area contributed by atoms with E-state index in [9.17, 15) is 9.59 Å². The van der Waals surface area contributed by atoms with Crippen LogP contribution in [0.15, 0.2) is 24.3 Å². The average Bonchev–Trinajstić information content (AvgIpc) is 2.36. The maximum atomic E-state index is 11.6. The first-order valence-corrected chi connectivity index (χ1v) is 6.82. The number of benzene rings is 1. The van der Waals surface area contributed by atoms with Gasteiger partial charge < -0.3 is 5.11 Å². The molecule has 0 heterocycles. The van der Waals surface area contributed by atoms with Crippen LogP contribution in [0.5, 0.6) is 0 Å². The summed E-state index contributed by atoms with van der Waals surface area (Å²) >= 11 is 5.54. The number of rotatable bonds is 7. The predicted molar refractivity (Wildman–Crippen MR) is 75.8 cm³/mol. The van der Waals surface area contributed by atoms with Crippen LogP contribution in [-0.4, -0.2) is 22.7 Å². The molecule has 1 rings (SSSR count). The molecule has 0 aliphatic rings. The van der Waals surface area contributed by atoms with E-state index in [4.69, 9.17) is 16.7 Å². The molecule has 3 nitrogen and oxygen atoms in total. The van der Waals surface area contributed by atoms with Crippen molar-refractivity contribution < 1.29 is 14.7 Å². The SMILES string of the molecule is CC(C)(C(=O)O)c1ccc(CC(=O)CCCCl)cc1. The number of alkyl halides is 1. The van der Waals surface area contributed by atoms with Gasteiger partial charge in [-0.15, -0.1) is 11.6 Å². The molecule has 0 amide bonds. The van der Waals surface area contributed by atoms with Crippen LogP contribution in [0.4, 0.5) is 0 Å². The molecule has 1 aromatic carbocycles. The smallest absolute Gasteiger partial charge is 0.313 e. The molecule has 0 spiro atoms. The molecule has 1 N–H and O–H groups in total. The van der Waals surface area contributed by atoms with Gasteiger partial charge in [0.15, 0.2) is 0 Å². The number of hydrogen-bond acceptors (Lipinski definition) is 2. The Balaban J connectivity index is 2.72. The number of Topliss-reactive ketones (excluding diaryl/α,β-unsaturated/α-hetero) is 1. The standard InChI is InChI=1S/C15H19ClO3/c1-15(2,14(18)19)12-7-5-11(6-8-12)10-13(17)4-3-9-16/h5-8H,3-4,9-10H2,1-2H3,(H,18,19). The minimum absolute atomic E-state index is 0.158. The van der Waals surface area contributed by atoms with Crippen LogP contribution in [0, 0.1) is 0 Å². The molecule has 0 atom stereocenters. The quantitative estimate of drug-likeness (QED) is 0.782. The molecule has 0 radical (unpaired) electrons. The number of ketones is 1. The monoisotopic (exact) mass is 282 g/mol. The number of carboxylic acids is 1. The van der Waals surface area contributed by atoms with Gasteiger partial charge in [-0.2, -0.15) is 0 Å². The molecule has 0 aliphatic heterocycles. The zero-order valence-electron chi connectivity index (χ0n) is 11.3. The van der Waals surface area contributed by atoms with Crippen molar-refractivity contribution in [1.82, 2.24) is 0 Å². The zero-order valence-corrected chi connectivity index (χ0v) is 12.0. The van der Waals surface area contributed by atoms with Crippen molar-refractivity contribution in [2.75, 3.05) is 5.88 Å². The van der Waals surface area contributed by atoms with Crippen molar-refractivity contribution in [3.05, 3.63) is 35.4 Å². The van der Waals surface area contributed by atoms with E-state index in [1.54, 1.807) is 26.0 Å². The van der Waals surface area contributed by atoms with E-state index in [0.717, 1.165) is 11.1 Å². The third-order valence-electron chi connectivity index (χ3n) is 3.20. The first-order chi connectivity index (χ1) is 8.87. The second-order valence-corrected chi connectivity index (χ2v) is 5.51. The lowest BCUT2D eigenvalue weighted by molar-refractivity contribution is -0.142. The van der Waals surface area contributed by atoms with Crippen LogP contribution in [0.3, 0.4) is 0 Å². The van der Waals surface area contributed by atoms with Crippen LogP contribution in [-0.2, 0) is 21.4 Å². The van der Waals surface area contributed by atoms with Gasteiger partial charge >= 0.3 is 5.97 Å². The Hall–Kier alpha value is -1.35. The van der Waals surface area contributed by atoms with Crippen LogP contribution < -0.4 is 0 Å². The van der Waals surface area contributed by atoms with Gasteiger partial charge in [-0.1, -0.05) is 24.3 Å². The van der Waals surface area contributed by atoms with Gasteiger partial charge in [0.05, 0.1) is 5.41 Å². The van der Waals surface area contributed by atoms with Gasteiger partial charge in [-0.25, -0.2) is 0 Å². The van der Waals surface area contributed by atoms with Gasteiger partial charge in [0.2, 0.25) is 0 Å². The Morgan fingerprint density at radius 3 is 2.26 bits per heavy atom. The van der Waals surface area contributed by atoms with Crippen molar-refractivity contribution in [2.24, 2.45) is 0 Å². The van der Waals surface area contributed by atoms with Gasteiger partial charge in [0.25, 0.3) is 0 Å². The lowest BCUT2D eigenvalue weighted by atomic mass is 9.84. The van der Waals surface area contributed by atoms with E-state index < -0.39 is 11.4 Å². The summed E-state index contributed by atoms with van der Waals surface area (Å²) in [7, 11) is 0. The molecule has 0 saturated carbocycles. The van der Waals surface area contributed by atoms with Crippen LogP contribution in [0.25, 0.3) is 0 Å². The van der Waals surface area contributed by atoms with E-state index in [1.165, 1.54) is 0 Å². The normalized spacial score (nSPS) is 11.3. The molecule has 19 heavy (non-hydrogen) atoms. The van der Waals surface area contributed by atoms with Crippen molar-refractivity contribution in [1.29, 1.82) is 0 Å². The third kappa shape index (κ3) is 4.35. The second-order valence-electron chi connectivity index (χ2n) is 5.14. The topological polar surface area (TPSA) is 54.4 Å². The first-order valence-electron chi connectivity index (χ1n) is 6.28. The Morgan fingerprint density at radius 2 is 1.79 bits per heavy atom. The third-order valence-corrected chi connectivity index (χ3v) is 3.47. The number of carbonyl (C=O) groups is 2. The van der Waals surface area contributed by atoms with Crippen molar-refractivity contribution in [3.8, 4) is 0 Å². The van der Waals surface area contributed by atoms with E-state index in [0.29, 0.717) is 25.1 Å². The van der Waals surface area contributed by atoms with Crippen LogP contribution in [0.1, 0.15) is 37.8 Å². The fourth-order valence-electron chi connectivity index (χ4n) is 1.74. The van der Waals surface area contributed by atoms with Gasteiger partial charge in [-0.05, 0) is 31.4 Å². The largest absolute Gasteiger partial charge is 0.481 e. The lowest BCUT2D eigenvalue weighted by Gasteiger charge is -2.19. The maximum absolute atomic E-state index is 11.6. The van der Waals surface area contributed by atoms with Crippen LogP contribution in [0.2, 0.25) is 0 Å². The highest BCUT2D eigenvalue weighted by molar-refractivity contribution is 6.17. The Kier molecular flexibility index (Phi) is 5.55. The zero-order chi connectivity index (χ0) is 14.5. The summed E-state index contributed by atoms with van der Waals surface area (Å²) < 4.78 is 0. The number of hydrogen-bond donors (Lipinski definition) is 1. The molecule has 4 heteroatoms. The van der Waals surface area contributed by atoms with E-state index in [-0.39, 0.29) is 5.78 Å². The summed E-state index contributed by atoms with van der Waals surface area (Å²) in [5.74, 6) is -0.207. The molecule has 0 unspecified atom stereocenters. The number of carbonyl (C=O) groups excluding carboxylic acids is 1. The Labute approximate surface area is 118 Å². The molecular weight excluding hydrogens is 264 g/mol. The lowest BCUT2D eigenvalue weighted by Crippen LogP contribution is -2.28. The molecular formula is C15H19ClO3. The fraction of sp³-hybridized carbons (Fsp3) is 0.467. The average molecular weight is 283 g/mol. The fourth-order valence-corrected chi connectivity index (χ4v) is 1.88. The number of halogens is 1.